The molecule has 2 fully saturated rings. The third kappa shape index (κ3) is 3.24. The minimum absolute atomic E-state index is 0.0734. The van der Waals surface area contributed by atoms with Crippen LogP contribution in [0.4, 0.5) is 4.39 Å². The molecule has 2 saturated heterocycles. The van der Waals surface area contributed by atoms with Crippen molar-refractivity contribution in [3.05, 3.63) is 58.4 Å². The van der Waals surface area contributed by atoms with Crippen molar-refractivity contribution in [2.75, 3.05) is 26.2 Å². The molecular weight excluding hydrogens is 351 g/mol. The third-order valence-corrected chi connectivity index (χ3v) is 5.88. The molecule has 26 heavy (non-hydrogen) atoms. The Morgan fingerprint density at radius 1 is 1.15 bits per heavy atom. The normalized spacial score (nSPS) is 20.3. The number of aryl methyl sites for hydroxylation is 1. The summed E-state index contributed by atoms with van der Waals surface area (Å²) in [5.74, 6) is -0.205. The second kappa shape index (κ2) is 7.01. The summed E-state index contributed by atoms with van der Waals surface area (Å²) >= 11 is 6.27. The third-order valence-electron chi connectivity index (χ3n) is 5.57. The highest BCUT2D eigenvalue weighted by molar-refractivity contribution is 6.33. The van der Waals surface area contributed by atoms with E-state index < -0.39 is 0 Å². The van der Waals surface area contributed by atoms with Crippen LogP contribution in [0.25, 0.3) is 11.1 Å². The summed E-state index contributed by atoms with van der Waals surface area (Å²) in [6, 6.07) is 10.9. The Bertz CT molecular complexity index is 837. The van der Waals surface area contributed by atoms with Gasteiger partial charge in [0.25, 0.3) is 5.91 Å². The summed E-state index contributed by atoms with van der Waals surface area (Å²) in [5.41, 5.74) is 2.65. The topological polar surface area (TPSA) is 23.6 Å². The van der Waals surface area contributed by atoms with Gasteiger partial charge in [-0.15, -0.1) is 0 Å². The van der Waals surface area contributed by atoms with Crippen LogP contribution in [0.3, 0.4) is 0 Å². The van der Waals surface area contributed by atoms with Crippen molar-refractivity contribution >= 4 is 17.5 Å². The number of benzene rings is 2. The number of nitrogens with zero attached hydrogens (tertiary/aromatic N) is 2. The number of halogens is 2. The zero-order chi connectivity index (χ0) is 18.3. The van der Waals surface area contributed by atoms with Gasteiger partial charge in [-0.2, -0.15) is 0 Å². The number of fused-ring (bicyclic) bond motifs is 1. The van der Waals surface area contributed by atoms with Crippen LogP contribution in [0, 0.1) is 12.7 Å². The van der Waals surface area contributed by atoms with Crippen molar-refractivity contribution in [2.24, 2.45) is 0 Å². The van der Waals surface area contributed by atoms with Gasteiger partial charge in [-0.1, -0.05) is 23.7 Å². The van der Waals surface area contributed by atoms with Crippen LogP contribution in [-0.2, 0) is 0 Å². The maximum absolute atomic E-state index is 13.9. The quantitative estimate of drug-likeness (QED) is 0.781. The van der Waals surface area contributed by atoms with Crippen molar-refractivity contribution in [3.8, 4) is 11.1 Å². The Labute approximate surface area is 158 Å². The second-order valence-electron chi connectivity index (χ2n) is 7.24. The molecule has 0 spiro atoms. The Balaban J connectivity index is 1.52. The molecule has 0 aromatic heterocycles. The maximum atomic E-state index is 13.9. The van der Waals surface area contributed by atoms with Gasteiger partial charge >= 0.3 is 0 Å². The summed E-state index contributed by atoms with van der Waals surface area (Å²) < 4.78 is 13.9. The van der Waals surface area contributed by atoms with Crippen molar-refractivity contribution in [1.82, 2.24) is 9.80 Å². The van der Waals surface area contributed by atoms with E-state index in [4.69, 9.17) is 11.6 Å². The van der Waals surface area contributed by atoms with E-state index in [2.05, 4.69) is 4.90 Å². The van der Waals surface area contributed by atoms with Crippen molar-refractivity contribution in [3.63, 3.8) is 0 Å². The summed E-state index contributed by atoms with van der Waals surface area (Å²) in [5, 5.41) is 0.514. The standard InChI is InChI=1S/C21H22ClFN2O/c1-14-11-19(22)18(12-20(14)23)15-4-6-16(7-5-15)21(26)25-10-9-24-8-2-3-17(24)13-25/h4-7,11-12,17H,2-3,8-10,13H2,1H3/t17-/m0/s1. The molecule has 2 aliphatic heterocycles. The van der Waals surface area contributed by atoms with Crippen molar-refractivity contribution in [2.45, 2.75) is 25.8 Å². The molecule has 3 nitrogen and oxygen atoms in total. The van der Waals surface area contributed by atoms with Gasteiger partial charge in [-0.05, 0) is 61.7 Å². The molecule has 1 atom stereocenters. The predicted octanol–water partition coefficient (Wildman–Crippen LogP) is 4.37. The largest absolute Gasteiger partial charge is 0.336 e. The first kappa shape index (κ1) is 17.5. The van der Waals surface area contributed by atoms with E-state index in [0.717, 1.165) is 31.7 Å². The number of hydrogen-bond acceptors (Lipinski definition) is 2. The summed E-state index contributed by atoms with van der Waals surface area (Å²) in [6.45, 7) is 5.42. The lowest BCUT2D eigenvalue weighted by atomic mass is 10.0. The van der Waals surface area contributed by atoms with Gasteiger partial charge in [-0.25, -0.2) is 4.39 Å². The van der Waals surface area contributed by atoms with Crippen molar-refractivity contribution < 1.29 is 9.18 Å². The first-order valence-electron chi connectivity index (χ1n) is 9.12. The van der Waals surface area contributed by atoms with Gasteiger partial charge < -0.3 is 4.90 Å². The van der Waals surface area contributed by atoms with Gasteiger partial charge in [-0.3, -0.25) is 9.69 Å². The Morgan fingerprint density at radius 2 is 1.92 bits per heavy atom. The van der Waals surface area contributed by atoms with Crippen LogP contribution < -0.4 is 0 Å². The molecule has 2 aromatic rings. The number of carbonyl (C=O) groups excluding carboxylic acids is 1. The number of carbonyl (C=O) groups is 1. The molecule has 2 aliphatic rings. The van der Waals surface area contributed by atoms with E-state index in [1.807, 2.05) is 29.2 Å². The Kier molecular flexibility index (Phi) is 4.72. The molecule has 5 heteroatoms. The molecule has 2 aromatic carbocycles. The fourth-order valence-electron chi connectivity index (χ4n) is 4.02. The molecule has 0 saturated carbocycles. The fourth-order valence-corrected chi connectivity index (χ4v) is 4.35. The highest BCUT2D eigenvalue weighted by Gasteiger charge is 2.32. The highest BCUT2D eigenvalue weighted by Crippen LogP contribution is 2.31. The Morgan fingerprint density at radius 3 is 2.69 bits per heavy atom. The molecule has 136 valence electrons. The minimum Gasteiger partial charge on any atom is -0.336 e. The van der Waals surface area contributed by atoms with Crippen LogP contribution >= 0.6 is 11.6 Å². The van der Waals surface area contributed by atoms with E-state index in [-0.39, 0.29) is 11.7 Å². The van der Waals surface area contributed by atoms with Crippen LogP contribution in [0.15, 0.2) is 36.4 Å². The highest BCUT2D eigenvalue weighted by atomic mass is 35.5. The first-order chi connectivity index (χ1) is 12.5. The lowest BCUT2D eigenvalue weighted by Crippen LogP contribution is -2.52. The number of hydrogen-bond donors (Lipinski definition) is 0. The lowest BCUT2D eigenvalue weighted by Gasteiger charge is -2.37. The minimum atomic E-state index is -0.279. The van der Waals surface area contributed by atoms with Gasteiger partial charge in [0.2, 0.25) is 0 Å². The first-order valence-corrected chi connectivity index (χ1v) is 9.50. The van der Waals surface area contributed by atoms with E-state index in [1.54, 1.807) is 13.0 Å². The SMILES string of the molecule is Cc1cc(Cl)c(-c2ccc(C(=O)N3CCN4CCC[C@H]4C3)cc2)cc1F. The summed E-state index contributed by atoms with van der Waals surface area (Å²) in [4.78, 5) is 17.3. The molecule has 0 radical (unpaired) electrons. The van der Waals surface area contributed by atoms with Crippen LogP contribution in [-0.4, -0.2) is 47.9 Å². The van der Waals surface area contributed by atoms with Crippen molar-refractivity contribution in [1.29, 1.82) is 0 Å². The summed E-state index contributed by atoms with van der Waals surface area (Å²) in [7, 11) is 0. The molecule has 1 amide bonds. The van der Waals surface area contributed by atoms with E-state index in [0.29, 0.717) is 27.8 Å². The number of piperazine rings is 1. The molecular formula is C21H22ClFN2O. The molecule has 4 rings (SSSR count). The zero-order valence-electron chi connectivity index (χ0n) is 14.8. The van der Waals surface area contributed by atoms with E-state index in [1.165, 1.54) is 18.9 Å². The molecule has 0 unspecified atom stereocenters. The Hall–Kier alpha value is -1.91. The smallest absolute Gasteiger partial charge is 0.253 e. The fraction of sp³-hybridized carbons (Fsp3) is 0.381. The number of amides is 1. The van der Waals surface area contributed by atoms with Gasteiger partial charge in [0, 0.05) is 41.8 Å². The number of rotatable bonds is 2. The average Bonchev–Trinajstić information content (AvgIpc) is 3.12. The van der Waals surface area contributed by atoms with Gasteiger partial charge in [0.1, 0.15) is 5.82 Å². The van der Waals surface area contributed by atoms with E-state index in [9.17, 15) is 9.18 Å². The van der Waals surface area contributed by atoms with Crippen LogP contribution in [0.5, 0.6) is 0 Å². The van der Waals surface area contributed by atoms with Gasteiger partial charge in [0.15, 0.2) is 0 Å². The molecule has 2 heterocycles. The van der Waals surface area contributed by atoms with Crippen LogP contribution in [0.2, 0.25) is 5.02 Å². The monoisotopic (exact) mass is 372 g/mol. The van der Waals surface area contributed by atoms with Gasteiger partial charge in [0.05, 0.1) is 0 Å². The molecule has 0 bridgehead atoms. The lowest BCUT2D eigenvalue weighted by molar-refractivity contribution is 0.0571. The summed E-state index contributed by atoms with van der Waals surface area (Å²) in [6.07, 6.45) is 2.41. The van der Waals surface area contributed by atoms with Crippen LogP contribution in [0.1, 0.15) is 28.8 Å². The zero-order valence-corrected chi connectivity index (χ0v) is 15.6. The second-order valence-corrected chi connectivity index (χ2v) is 7.65. The molecule has 0 aliphatic carbocycles. The van der Waals surface area contributed by atoms with E-state index >= 15 is 0 Å². The maximum Gasteiger partial charge on any atom is 0.253 e. The average molecular weight is 373 g/mol. The predicted molar refractivity (Wildman–Crippen MR) is 102 cm³/mol. The molecule has 0 N–H and O–H groups in total.